The largest absolute Gasteiger partial charge is 0.383 e. The average Bonchev–Trinajstić information content (AvgIpc) is 3.23. The molecule has 0 bridgehead atoms. The summed E-state index contributed by atoms with van der Waals surface area (Å²) in [6, 6.07) is 7.11. The van der Waals surface area contributed by atoms with Crippen molar-refractivity contribution < 1.29 is 22.7 Å². The number of amides is 2. The molecule has 1 aromatic carbocycles. The summed E-state index contributed by atoms with van der Waals surface area (Å²) < 4.78 is 31.1. The monoisotopic (exact) mass is 562 g/mol. The molecular formula is C25H27ClN4O5S2. The zero-order valence-electron chi connectivity index (χ0n) is 20.5. The molecule has 12 heteroatoms. The maximum atomic E-state index is 13.2. The molecule has 0 fully saturated rings. The van der Waals surface area contributed by atoms with Crippen molar-refractivity contribution in [2.75, 3.05) is 25.6 Å². The standard InChI is InChI=1S/C25H27ClN4O5S2/c1-15-7-3-4-8-16(15)14-37(33,34)25-28-13-18(26)21(29-25)23(32)30-24-20(22(31)27-11-12-35-2)17-9-5-6-10-19(17)36-24/h3-4,7-8,13H,5-6,9-12,14H2,1-2H3,(H,27,31)(H,30,32). The van der Waals surface area contributed by atoms with Crippen LogP contribution >= 0.6 is 22.9 Å². The molecule has 196 valence electrons. The van der Waals surface area contributed by atoms with E-state index in [0.717, 1.165) is 47.9 Å². The number of fused-ring (bicyclic) bond motifs is 1. The van der Waals surface area contributed by atoms with Crippen molar-refractivity contribution in [3.8, 4) is 0 Å². The predicted molar refractivity (Wildman–Crippen MR) is 142 cm³/mol. The van der Waals surface area contributed by atoms with Crippen LogP contribution in [0.1, 0.15) is 55.3 Å². The van der Waals surface area contributed by atoms with Gasteiger partial charge in [-0.15, -0.1) is 11.3 Å². The minimum Gasteiger partial charge on any atom is -0.383 e. The third kappa shape index (κ3) is 6.18. The van der Waals surface area contributed by atoms with Gasteiger partial charge in [0.2, 0.25) is 15.0 Å². The SMILES string of the molecule is COCCNC(=O)c1c(NC(=O)c2nc(S(=O)(=O)Cc3ccccc3C)ncc2Cl)sc2c1CCCC2. The first-order valence-electron chi connectivity index (χ1n) is 11.7. The number of benzene rings is 1. The second-order valence-electron chi connectivity index (χ2n) is 8.65. The van der Waals surface area contributed by atoms with E-state index in [1.165, 1.54) is 11.3 Å². The van der Waals surface area contributed by atoms with Crippen molar-refractivity contribution >= 4 is 49.6 Å². The lowest BCUT2D eigenvalue weighted by molar-refractivity contribution is 0.0937. The van der Waals surface area contributed by atoms with Crippen LogP contribution in [0.25, 0.3) is 0 Å². The Morgan fingerprint density at radius 3 is 2.68 bits per heavy atom. The minimum absolute atomic E-state index is 0.0974. The van der Waals surface area contributed by atoms with E-state index >= 15 is 0 Å². The molecule has 4 rings (SSSR count). The fraction of sp³-hybridized carbons (Fsp3) is 0.360. The first-order valence-corrected chi connectivity index (χ1v) is 14.6. The van der Waals surface area contributed by atoms with Crippen LogP contribution in [0, 0.1) is 6.92 Å². The van der Waals surface area contributed by atoms with E-state index in [1.807, 2.05) is 19.1 Å². The molecule has 2 amide bonds. The Bertz CT molecular complexity index is 1440. The summed E-state index contributed by atoms with van der Waals surface area (Å²) in [4.78, 5) is 35.2. The topological polar surface area (TPSA) is 127 Å². The zero-order chi connectivity index (χ0) is 26.6. The van der Waals surface area contributed by atoms with Gasteiger partial charge in [-0.05, 0) is 49.3 Å². The van der Waals surface area contributed by atoms with Gasteiger partial charge in [0.05, 0.1) is 29.1 Å². The summed E-state index contributed by atoms with van der Waals surface area (Å²) in [5.41, 5.74) is 2.49. The maximum Gasteiger partial charge on any atom is 0.276 e. The molecular weight excluding hydrogens is 536 g/mol. The lowest BCUT2D eigenvalue weighted by Crippen LogP contribution is -2.29. The third-order valence-corrected chi connectivity index (χ3v) is 8.97. The predicted octanol–water partition coefficient (Wildman–Crippen LogP) is 3.98. The van der Waals surface area contributed by atoms with Gasteiger partial charge in [-0.3, -0.25) is 9.59 Å². The summed E-state index contributed by atoms with van der Waals surface area (Å²) >= 11 is 7.55. The number of sulfone groups is 1. The number of aryl methyl sites for hydroxylation is 2. The van der Waals surface area contributed by atoms with Crippen LogP contribution in [0.2, 0.25) is 5.02 Å². The van der Waals surface area contributed by atoms with Gasteiger partial charge in [0.1, 0.15) is 5.00 Å². The third-order valence-electron chi connectivity index (χ3n) is 6.04. The van der Waals surface area contributed by atoms with E-state index in [9.17, 15) is 18.0 Å². The van der Waals surface area contributed by atoms with Crippen LogP contribution in [0.3, 0.4) is 0 Å². The highest BCUT2D eigenvalue weighted by atomic mass is 35.5. The Hall–Kier alpha value is -2.86. The van der Waals surface area contributed by atoms with Gasteiger partial charge in [0.25, 0.3) is 11.8 Å². The van der Waals surface area contributed by atoms with Crippen molar-refractivity contribution in [2.24, 2.45) is 0 Å². The molecule has 2 heterocycles. The van der Waals surface area contributed by atoms with Gasteiger partial charge in [0.15, 0.2) is 5.69 Å². The number of carbonyl (C=O) groups is 2. The van der Waals surface area contributed by atoms with E-state index in [0.29, 0.717) is 29.3 Å². The van der Waals surface area contributed by atoms with Crippen LogP contribution in [0.4, 0.5) is 5.00 Å². The van der Waals surface area contributed by atoms with Gasteiger partial charge in [0, 0.05) is 18.5 Å². The number of methoxy groups -OCH3 is 1. The summed E-state index contributed by atoms with van der Waals surface area (Å²) in [6.07, 6.45) is 4.63. The summed E-state index contributed by atoms with van der Waals surface area (Å²) in [6.45, 7) is 2.50. The molecule has 0 spiro atoms. The molecule has 1 aliphatic carbocycles. The number of ether oxygens (including phenoxy) is 1. The first-order chi connectivity index (χ1) is 17.7. The number of nitrogens with one attached hydrogen (secondary N) is 2. The molecule has 37 heavy (non-hydrogen) atoms. The van der Waals surface area contributed by atoms with Gasteiger partial charge in [-0.25, -0.2) is 18.4 Å². The smallest absolute Gasteiger partial charge is 0.276 e. The molecule has 1 aliphatic rings. The Balaban J connectivity index is 1.62. The van der Waals surface area contributed by atoms with E-state index < -0.39 is 20.9 Å². The molecule has 0 saturated heterocycles. The van der Waals surface area contributed by atoms with E-state index in [-0.39, 0.29) is 22.4 Å². The Labute approximate surface area is 224 Å². The highest BCUT2D eigenvalue weighted by Crippen LogP contribution is 2.38. The Morgan fingerprint density at radius 1 is 1.16 bits per heavy atom. The average molecular weight is 563 g/mol. The van der Waals surface area contributed by atoms with E-state index in [2.05, 4.69) is 20.6 Å². The van der Waals surface area contributed by atoms with E-state index in [1.54, 1.807) is 19.2 Å². The second-order valence-corrected chi connectivity index (χ2v) is 12.0. The molecule has 0 saturated carbocycles. The van der Waals surface area contributed by atoms with Crippen molar-refractivity contribution in [3.05, 3.63) is 68.3 Å². The fourth-order valence-corrected chi connectivity index (χ4v) is 6.88. The molecule has 2 aromatic heterocycles. The number of rotatable bonds is 9. The van der Waals surface area contributed by atoms with Crippen molar-refractivity contribution in [1.82, 2.24) is 15.3 Å². The molecule has 9 nitrogen and oxygen atoms in total. The molecule has 0 atom stereocenters. The molecule has 0 aliphatic heterocycles. The van der Waals surface area contributed by atoms with Gasteiger partial charge < -0.3 is 15.4 Å². The summed E-state index contributed by atoms with van der Waals surface area (Å²) in [5.74, 6) is -1.34. The van der Waals surface area contributed by atoms with Crippen molar-refractivity contribution in [2.45, 2.75) is 43.5 Å². The molecule has 2 N–H and O–H groups in total. The number of hydrogen-bond acceptors (Lipinski definition) is 8. The van der Waals surface area contributed by atoms with Crippen LogP contribution < -0.4 is 10.6 Å². The second kappa shape index (κ2) is 11.7. The number of anilines is 1. The van der Waals surface area contributed by atoms with Crippen molar-refractivity contribution in [1.29, 1.82) is 0 Å². The Kier molecular flexibility index (Phi) is 8.58. The Morgan fingerprint density at radius 2 is 1.92 bits per heavy atom. The van der Waals surface area contributed by atoms with Crippen LogP contribution in [-0.4, -0.2) is 50.5 Å². The first kappa shape index (κ1) is 27.2. The van der Waals surface area contributed by atoms with Gasteiger partial charge >= 0.3 is 0 Å². The highest BCUT2D eigenvalue weighted by Gasteiger charge is 2.28. The number of carbonyl (C=O) groups excluding carboxylic acids is 2. The minimum atomic E-state index is -3.95. The van der Waals surface area contributed by atoms with Crippen LogP contribution in [0.5, 0.6) is 0 Å². The molecule has 0 unspecified atom stereocenters. The normalized spacial score (nSPS) is 13.2. The fourth-order valence-electron chi connectivity index (χ4n) is 4.11. The number of thiophene rings is 1. The van der Waals surface area contributed by atoms with Crippen molar-refractivity contribution in [3.63, 3.8) is 0 Å². The van der Waals surface area contributed by atoms with Crippen LogP contribution in [0.15, 0.2) is 35.6 Å². The number of aromatic nitrogens is 2. The van der Waals surface area contributed by atoms with E-state index in [4.69, 9.17) is 16.3 Å². The summed E-state index contributed by atoms with van der Waals surface area (Å²) in [5, 5.41) is 5.36. The maximum absolute atomic E-state index is 13.2. The lowest BCUT2D eigenvalue weighted by atomic mass is 9.95. The zero-order valence-corrected chi connectivity index (χ0v) is 22.9. The number of hydrogen-bond donors (Lipinski definition) is 2. The van der Waals surface area contributed by atoms with Gasteiger partial charge in [-0.1, -0.05) is 35.9 Å². The lowest BCUT2D eigenvalue weighted by Gasteiger charge is -2.13. The highest BCUT2D eigenvalue weighted by molar-refractivity contribution is 7.90. The molecule has 3 aromatic rings. The summed E-state index contributed by atoms with van der Waals surface area (Å²) in [7, 11) is -2.41. The quantitative estimate of drug-likeness (QED) is 0.298. The molecule has 0 radical (unpaired) electrons. The number of nitrogens with zero attached hydrogens (tertiary/aromatic N) is 2. The van der Waals surface area contributed by atoms with Gasteiger partial charge in [-0.2, -0.15) is 0 Å². The van der Waals surface area contributed by atoms with Crippen LogP contribution in [-0.2, 0) is 33.2 Å². The number of halogens is 1.